The molecular formula is C22H29FN4O. The molecule has 6 heteroatoms. The van der Waals surface area contributed by atoms with Crippen molar-refractivity contribution in [3.63, 3.8) is 0 Å². The minimum atomic E-state index is -0.245. The maximum absolute atomic E-state index is 13.1. The van der Waals surface area contributed by atoms with E-state index in [1.165, 1.54) is 17.8 Å². The van der Waals surface area contributed by atoms with Crippen LogP contribution in [0.4, 0.5) is 10.1 Å². The van der Waals surface area contributed by atoms with Crippen molar-refractivity contribution in [3.05, 3.63) is 66.0 Å². The Bertz CT molecular complexity index is 743. The van der Waals surface area contributed by atoms with Crippen LogP contribution in [0.3, 0.4) is 0 Å². The van der Waals surface area contributed by atoms with Crippen molar-refractivity contribution in [1.82, 2.24) is 10.6 Å². The molecule has 1 atom stereocenters. The van der Waals surface area contributed by atoms with E-state index in [4.69, 9.17) is 4.74 Å². The molecule has 0 radical (unpaired) electrons. The molecule has 2 N–H and O–H groups in total. The predicted octanol–water partition coefficient (Wildman–Crippen LogP) is 3.35. The molecule has 0 bridgehead atoms. The molecule has 1 saturated heterocycles. The third kappa shape index (κ3) is 5.45. The van der Waals surface area contributed by atoms with Crippen LogP contribution in [-0.2, 0) is 4.74 Å². The highest BCUT2D eigenvalue weighted by Gasteiger charge is 2.20. The highest BCUT2D eigenvalue weighted by molar-refractivity contribution is 5.80. The van der Waals surface area contributed by atoms with E-state index in [0.717, 1.165) is 37.5 Å². The average Bonchev–Trinajstić information content (AvgIpc) is 2.75. The van der Waals surface area contributed by atoms with Crippen LogP contribution >= 0.6 is 0 Å². The second kappa shape index (κ2) is 10.1. The summed E-state index contributed by atoms with van der Waals surface area (Å²) in [7, 11) is 3.43. The van der Waals surface area contributed by atoms with Crippen LogP contribution in [0.15, 0.2) is 59.6 Å². The topological polar surface area (TPSA) is 48.9 Å². The van der Waals surface area contributed by atoms with Crippen molar-refractivity contribution in [2.24, 2.45) is 4.99 Å². The van der Waals surface area contributed by atoms with Gasteiger partial charge in [-0.2, -0.15) is 0 Å². The molecule has 1 fully saturated rings. The SMILES string of the molecule is CN=C(NCC(OC)c1ccc(F)cc1)NC1CCN(c2ccccc2)CC1. The molecule has 0 saturated carbocycles. The number of halogens is 1. The number of anilines is 1. The molecule has 0 amide bonds. The molecule has 150 valence electrons. The standard InChI is InChI=1S/C22H29FN4O/c1-24-22(25-16-21(28-2)17-8-10-18(23)11-9-17)26-19-12-14-27(15-13-19)20-6-4-3-5-7-20/h3-11,19,21H,12-16H2,1-2H3,(H2,24,25,26). The number of hydrogen-bond acceptors (Lipinski definition) is 3. The van der Waals surface area contributed by atoms with Gasteiger partial charge >= 0.3 is 0 Å². The van der Waals surface area contributed by atoms with Crippen molar-refractivity contribution < 1.29 is 9.13 Å². The zero-order valence-corrected chi connectivity index (χ0v) is 16.6. The van der Waals surface area contributed by atoms with Crippen LogP contribution < -0.4 is 15.5 Å². The fraction of sp³-hybridized carbons (Fsp3) is 0.409. The lowest BCUT2D eigenvalue weighted by Crippen LogP contribution is -2.49. The number of ether oxygens (including phenoxy) is 1. The fourth-order valence-corrected chi connectivity index (χ4v) is 3.51. The van der Waals surface area contributed by atoms with Gasteiger partial charge in [-0.05, 0) is 42.7 Å². The Hall–Kier alpha value is -2.60. The Balaban J connectivity index is 1.47. The lowest BCUT2D eigenvalue weighted by molar-refractivity contribution is 0.106. The number of rotatable bonds is 6. The molecule has 0 spiro atoms. The van der Waals surface area contributed by atoms with Gasteiger partial charge in [-0.3, -0.25) is 4.99 Å². The predicted molar refractivity (Wildman–Crippen MR) is 112 cm³/mol. The van der Waals surface area contributed by atoms with Crippen molar-refractivity contribution in [2.45, 2.75) is 25.0 Å². The zero-order valence-electron chi connectivity index (χ0n) is 16.6. The van der Waals surface area contributed by atoms with Gasteiger partial charge in [0.15, 0.2) is 5.96 Å². The highest BCUT2D eigenvalue weighted by atomic mass is 19.1. The largest absolute Gasteiger partial charge is 0.375 e. The van der Waals surface area contributed by atoms with E-state index in [9.17, 15) is 4.39 Å². The maximum Gasteiger partial charge on any atom is 0.191 e. The first-order valence-corrected chi connectivity index (χ1v) is 9.75. The minimum Gasteiger partial charge on any atom is -0.375 e. The normalized spacial score (nSPS) is 16.7. The molecule has 0 aliphatic carbocycles. The second-order valence-corrected chi connectivity index (χ2v) is 6.97. The lowest BCUT2D eigenvalue weighted by atomic mass is 10.0. The quantitative estimate of drug-likeness (QED) is 0.592. The average molecular weight is 384 g/mol. The van der Waals surface area contributed by atoms with Crippen LogP contribution in [-0.4, -0.2) is 45.8 Å². The molecule has 0 aromatic heterocycles. The second-order valence-electron chi connectivity index (χ2n) is 6.97. The van der Waals surface area contributed by atoms with Crippen molar-refractivity contribution in [2.75, 3.05) is 38.7 Å². The van der Waals surface area contributed by atoms with E-state index in [1.807, 2.05) is 6.07 Å². The summed E-state index contributed by atoms with van der Waals surface area (Å²) in [6.07, 6.45) is 1.95. The van der Waals surface area contributed by atoms with Crippen LogP contribution in [0.2, 0.25) is 0 Å². The van der Waals surface area contributed by atoms with E-state index in [1.54, 1.807) is 26.3 Å². The van der Waals surface area contributed by atoms with Gasteiger partial charge in [0.1, 0.15) is 5.82 Å². The first kappa shape index (κ1) is 20.1. The van der Waals surface area contributed by atoms with Gasteiger partial charge in [0.2, 0.25) is 0 Å². The molecule has 5 nitrogen and oxygen atoms in total. The number of hydrogen-bond donors (Lipinski definition) is 2. The highest BCUT2D eigenvalue weighted by Crippen LogP contribution is 2.19. The molecule has 2 aromatic rings. The third-order valence-electron chi connectivity index (χ3n) is 5.16. The van der Waals surface area contributed by atoms with Crippen LogP contribution in [0, 0.1) is 5.82 Å². The number of aliphatic imine (C=N–C) groups is 1. The van der Waals surface area contributed by atoms with Crippen LogP contribution in [0.25, 0.3) is 0 Å². The molecule has 1 aliphatic rings. The van der Waals surface area contributed by atoms with Crippen LogP contribution in [0.5, 0.6) is 0 Å². The van der Waals surface area contributed by atoms with Gasteiger partial charge in [0.05, 0.1) is 6.10 Å². The van der Waals surface area contributed by atoms with Gasteiger partial charge in [0.25, 0.3) is 0 Å². The Morgan fingerprint density at radius 1 is 1.14 bits per heavy atom. The first-order chi connectivity index (χ1) is 13.7. The number of nitrogens with zero attached hydrogens (tertiary/aromatic N) is 2. The summed E-state index contributed by atoms with van der Waals surface area (Å²) >= 11 is 0. The van der Waals surface area contributed by atoms with Gasteiger partial charge in [-0.1, -0.05) is 30.3 Å². The molecule has 3 rings (SSSR count). The molecule has 1 aliphatic heterocycles. The number of methoxy groups -OCH3 is 1. The molecule has 1 heterocycles. The Morgan fingerprint density at radius 2 is 1.82 bits per heavy atom. The smallest absolute Gasteiger partial charge is 0.191 e. The molecule has 28 heavy (non-hydrogen) atoms. The summed E-state index contributed by atoms with van der Waals surface area (Å²) in [6.45, 7) is 2.61. The van der Waals surface area contributed by atoms with E-state index in [-0.39, 0.29) is 11.9 Å². The van der Waals surface area contributed by atoms with E-state index < -0.39 is 0 Å². The molecular weight excluding hydrogens is 355 g/mol. The van der Waals surface area contributed by atoms with Gasteiger partial charge in [-0.15, -0.1) is 0 Å². The summed E-state index contributed by atoms with van der Waals surface area (Å²) in [5, 5.41) is 6.84. The van der Waals surface area contributed by atoms with Gasteiger partial charge in [0, 0.05) is 45.5 Å². The van der Waals surface area contributed by atoms with Crippen molar-refractivity contribution in [3.8, 4) is 0 Å². The summed E-state index contributed by atoms with van der Waals surface area (Å²) in [4.78, 5) is 6.76. The minimum absolute atomic E-state index is 0.168. The van der Waals surface area contributed by atoms with Crippen molar-refractivity contribution in [1.29, 1.82) is 0 Å². The zero-order chi connectivity index (χ0) is 19.8. The summed E-state index contributed by atoms with van der Waals surface area (Å²) in [6, 6.07) is 17.3. The first-order valence-electron chi connectivity index (χ1n) is 9.75. The Morgan fingerprint density at radius 3 is 2.43 bits per heavy atom. The number of guanidine groups is 1. The summed E-state index contributed by atoms with van der Waals surface area (Å²) < 4.78 is 18.7. The number of piperidine rings is 1. The van der Waals surface area contributed by atoms with E-state index in [2.05, 4.69) is 44.8 Å². The van der Waals surface area contributed by atoms with E-state index >= 15 is 0 Å². The van der Waals surface area contributed by atoms with Crippen LogP contribution in [0.1, 0.15) is 24.5 Å². The maximum atomic E-state index is 13.1. The Kier molecular flexibility index (Phi) is 7.25. The number of benzene rings is 2. The molecule has 2 aromatic carbocycles. The Labute approximate surface area is 166 Å². The van der Waals surface area contributed by atoms with Gasteiger partial charge in [-0.25, -0.2) is 4.39 Å². The lowest BCUT2D eigenvalue weighted by Gasteiger charge is -2.34. The number of nitrogens with one attached hydrogen (secondary N) is 2. The van der Waals surface area contributed by atoms with Gasteiger partial charge < -0.3 is 20.3 Å². The third-order valence-corrected chi connectivity index (χ3v) is 5.16. The van der Waals surface area contributed by atoms with Crippen molar-refractivity contribution >= 4 is 11.6 Å². The fourth-order valence-electron chi connectivity index (χ4n) is 3.51. The summed E-state index contributed by atoms with van der Waals surface area (Å²) in [5.74, 6) is 0.521. The monoisotopic (exact) mass is 384 g/mol. The summed E-state index contributed by atoms with van der Waals surface area (Å²) in [5.41, 5.74) is 2.22. The number of para-hydroxylation sites is 1. The van der Waals surface area contributed by atoms with E-state index in [0.29, 0.717) is 12.6 Å². The molecule has 1 unspecified atom stereocenters.